The Balaban J connectivity index is 1.66. The molecule has 0 aromatic rings. The second-order valence-corrected chi connectivity index (χ2v) is 8.05. The lowest BCUT2D eigenvalue weighted by Crippen LogP contribution is -2.50. The van der Waals surface area contributed by atoms with Crippen LogP contribution < -0.4 is 5.32 Å². The monoisotopic (exact) mass is 250 g/mol. The number of piperidine rings is 1. The summed E-state index contributed by atoms with van der Waals surface area (Å²) in [5.74, 6) is 0.873. The first kappa shape index (κ1) is 12.9. The molecule has 2 bridgehead atoms. The predicted molar refractivity (Wildman–Crippen MR) is 76.7 cm³/mol. The maximum atomic E-state index is 3.77. The summed E-state index contributed by atoms with van der Waals surface area (Å²) in [6.07, 6.45) is 8.40. The molecule has 0 aromatic carbocycles. The predicted octanol–water partition coefficient (Wildman–Crippen LogP) is 3.03. The number of hydrogen-bond donors (Lipinski definition) is 1. The van der Waals surface area contributed by atoms with Crippen molar-refractivity contribution in [3.63, 3.8) is 0 Å². The van der Waals surface area contributed by atoms with Gasteiger partial charge in [0.25, 0.3) is 0 Å². The van der Waals surface area contributed by atoms with Crippen molar-refractivity contribution in [2.75, 3.05) is 7.05 Å². The molecule has 0 aromatic heterocycles. The molecule has 3 aliphatic rings. The molecule has 3 fully saturated rings. The molecule has 0 amide bonds. The van der Waals surface area contributed by atoms with Crippen molar-refractivity contribution in [3.8, 4) is 0 Å². The van der Waals surface area contributed by atoms with Gasteiger partial charge in [0, 0.05) is 24.2 Å². The van der Waals surface area contributed by atoms with Crippen LogP contribution in [0.25, 0.3) is 0 Å². The van der Waals surface area contributed by atoms with E-state index in [2.05, 4.69) is 38.0 Å². The van der Waals surface area contributed by atoms with Gasteiger partial charge in [-0.1, -0.05) is 20.8 Å². The van der Waals surface area contributed by atoms with Gasteiger partial charge >= 0.3 is 0 Å². The third-order valence-electron chi connectivity index (χ3n) is 5.84. The van der Waals surface area contributed by atoms with E-state index >= 15 is 0 Å². The zero-order chi connectivity index (χ0) is 12.9. The number of nitrogens with one attached hydrogen (secondary N) is 1. The topological polar surface area (TPSA) is 15.3 Å². The van der Waals surface area contributed by atoms with E-state index in [0.717, 1.165) is 30.1 Å². The highest BCUT2D eigenvalue weighted by atomic mass is 15.2. The molecule has 1 N–H and O–H groups in total. The van der Waals surface area contributed by atoms with Crippen molar-refractivity contribution >= 4 is 0 Å². The van der Waals surface area contributed by atoms with E-state index in [0.29, 0.717) is 5.41 Å². The second kappa shape index (κ2) is 4.49. The Morgan fingerprint density at radius 2 is 1.67 bits per heavy atom. The fourth-order valence-corrected chi connectivity index (χ4v) is 5.03. The molecule has 2 heterocycles. The molecular formula is C16H30N2. The highest BCUT2D eigenvalue weighted by molar-refractivity contribution is 4.99. The van der Waals surface area contributed by atoms with Crippen molar-refractivity contribution in [2.24, 2.45) is 11.3 Å². The molecule has 2 aliphatic heterocycles. The molecule has 1 saturated carbocycles. The summed E-state index contributed by atoms with van der Waals surface area (Å²) in [5, 5.41) is 3.77. The lowest BCUT2D eigenvalue weighted by molar-refractivity contribution is 0.103. The summed E-state index contributed by atoms with van der Waals surface area (Å²) in [7, 11) is 2.40. The van der Waals surface area contributed by atoms with E-state index < -0.39 is 0 Å². The summed E-state index contributed by atoms with van der Waals surface area (Å²) in [6, 6.07) is 3.30. The highest BCUT2D eigenvalue weighted by Gasteiger charge is 2.43. The Kier molecular flexibility index (Phi) is 3.22. The van der Waals surface area contributed by atoms with Crippen LogP contribution in [0.3, 0.4) is 0 Å². The van der Waals surface area contributed by atoms with E-state index in [4.69, 9.17) is 0 Å². The third kappa shape index (κ3) is 2.34. The standard InChI is InChI=1S/C16H30N2/c1-11-9-16(2,3)10-15(11)18(4)14-7-12-5-6-13(8-14)17-12/h11-15,17H,5-10H2,1-4H3. The fraction of sp³-hybridized carbons (Fsp3) is 1.00. The van der Waals surface area contributed by atoms with Gasteiger partial charge in [0.15, 0.2) is 0 Å². The van der Waals surface area contributed by atoms with Crippen LogP contribution in [0.5, 0.6) is 0 Å². The van der Waals surface area contributed by atoms with Gasteiger partial charge in [-0.25, -0.2) is 0 Å². The smallest absolute Gasteiger partial charge is 0.0126 e. The number of nitrogens with zero attached hydrogens (tertiary/aromatic N) is 1. The van der Waals surface area contributed by atoms with Gasteiger partial charge in [-0.05, 0) is 56.9 Å². The van der Waals surface area contributed by atoms with E-state index in [9.17, 15) is 0 Å². The molecule has 2 saturated heterocycles. The fourth-order valence-electron chi connectivity index (χ4n) is 5.03. The molecule has 3 rings (SSSR count). The Hall–Kier alpha value is -0.0800. The summed E-state index contributed by atoms with van der Waals surface area (Å²) >= 11 is 0. The first-order chi connectivity index (χ1) is 8.44. The van der Waals surface area contributed by atoms with Crippen molar-refractivity contribution in [3.05, 3.63) is 0 Å². The largest absolute Gasteiger partial charge is 0.311 e. The maximum Gasteiger partial charge on any atom is 0.0126 e. The normalized spacial score (nSPS) is 46.8. The second-order valence-electron chi connectivity index (χ2n) is 8.05. The first-order valence-electron chi connectivity index (χ1n) is 7.92. The SMILES string of the molecule is CC1CC(C)(C)CC1N(C)C1CC2CCC(C1)N2. The molecule has 4 unspecified atom stereocenters. The Labute approximate surface area is 113 Å². The number of hydrogen-bond acceptors (Lipinski definition) is 2. The molecule has 2 heteroatoms. The highest BCUT2D eigenvalue weighted by Crippen LogP contribution is 2.44. The minimum absolute atomic E-state index is 0.560. The number of rotatable bonds is 2. The van der Waals surface area contributed by atoms with E-state index in [-0.39, 0.29) is 0 Å². The van der Waals surface area contributed by atoms with E-state index in [1.165, 1.54) is 38.5 Å². The van der Waals surface area contributed by atoms with Crippen molar-refractivity contribution < 1.29 is 0 Å². The number of fused-ring (bicyclic) bond motifs is 2. The van der Waals surface area contributed by atoms with Gasteiger partial charge in [-0.2, -0.15) is 0 Å². The third-order valence-corrected chi connectivity index (χ3v) is 5.84. The minimum Gasteiger partial charge on any atom is -0.311 e. The molecule has 104 valence electrons. The Morgan fingerprint density at radius 1 is 1.06 bits per heavy atom. The Morgan fingerprint density at radius 3 is 2.17 bits per heavy atom. The first-order valence-corrected chi connectivity index (χ1v) is 7.92. The molecule has 0 spiro atoms. The Bertz CT molecular complexity index is 300. The summed E-state index contributed by atoms with van der Waals surface area (Å²) < 4.78 is 0. The van der Waals surface area contributed by atoms with Gasteiger partial charge in [-0.3, -0.25) is 0 Å². The summed E-state index contributed by atoms with van der Waals surface area (Å²) in [4.78, 5) is 2.76. The van der Waals surface area contributed by atoms with Gasteiger partial charge in [0.1, 0.15) is 0 Å². The zero-order valence-corrected chi connectivity index (χ0v) is 12.6. The van der Waals surface area contributed by atoms with Gasteiger partial charge in [0.05, 0.1) is 0 Å². The lowest BCUT2D eigenvalue weighted by atomic mass is 9.90. The minimum atomic E-state index is 0.560. The molecule has 0 radical (unpaired) electrons. The van der Waals surface area contributed by atoms with Gasteiger partial charge < -0.3 is 10.2 Å². The van der Waals surface area contributed by atoms with Crippen LogP contribution in [-0.2, 0) is 0 Å². The van der Waals surface area contributed by atoms with Crippen LogP contribution in [0, 0.1) is 11.3 Å². The molecule has 18 heavy (non-hydrogen) atoms. The molecule has 2 nitrogen and oxygen atoms in total. The van der Waals surface area contributed by atoms with E-state index in [1.54, 1.807) is 0 Å². The van der Waals surface area contributed by atoms with Crippen LogP contribution in [-0.4, -0.2) is 36.1 Å². The molecular weight excluding hydrogens is 220 g/mol. The maximum absolute atomic E-state index is 3.77. The van der Waals surface area contributed by atoms with Crippen LogP contribution in [0.1, 0.15) is 59.3 Å². The van der Waals surface area contributed by atoms with Crippen molar-refractivity contribution in [2.45, 2.75) is 83.5 Å². The average molecular weight is 250 g/mol. The van der Waals surface area contributed by atoms with Gasteiger partial charge in [-0.15, -0.1) is 0 Å². The van der Waals surface area contributed by atoms with Crippen molar-refractivity contribution in [1.82, 2.24) is 10.2 Å². The van der Waals surface area contributed by atoms with Crippen molar-refractivity contribution in [1.29, 1.82) is 0 Å². The zero-order valence-electron chi connectivity index (χ0n) is 12.6. The quantitative estimate of drug-likeness (QED) is 0.810. The summed E-state index contributed by atoms with van der Waals surface area (Å²) in [6.45, 7) is 7.36. The lowest BCUT2D eigenvalue weighted by Gasteiger charge is -2.40. The average Bonchev–Trinajstić information content (AvgIpc) is 2.77. The van der Waals surface area contributed by atoms with Gasteiger partial charge in [0.2, 0.25) is 0 Å². The van der Waals surface area contributed by atoms with Crippen LogP contribution in [0.2, 0.25) is 0 Å². The van der Waals surface area contributed by atoms with E-state index in [1.807, 2.05) is 0 Å². The molecule has 1 aliphatic carbocycles. The van der Waals surface area contributed by atoms with Crippen LogP contribution in [0.15, 0.2) is 0 Å². The van der Waals surface area contributed by atoms with Crippen LogP contribution >= 0.6 is 0 Å². The van der Waals surface area contributed by atoms with Crippen LogP contribution in [0.4, 0.5) is 0 Å². The molecule has 4 atom stereocenters. The summed E-state index contributed by atoms with van der Waals surface area (Å²) in [5.41, 5.74) is 0.560.